The number of imidazole rings is 2. The molecule has 1 amide bonds. The number of aliphatic carboxylic acids is 1. The SMILES string of the molecule is Cc1c(/C=C(\F)c2nc3c(n2C)CCN(C[C@@H](C)O)C3)cccc1-c1cccc(NC(=O)c2nc3c(n2C)CCN(CCC24CCC(C(=O)O)(CC2)C4)C3)c1C. The van der Waals surface area contributed by atoms with Crippen molar-refractivity contribution in [3.8, 4) is 11.1 Å². The molecule has 2 bridgehead atoms. The number of carbonyl (C=O) groups excluding carboxylic acids is 1. The summed E-state index contributed by atoms with van der Waals surface area (Å²) in [5.41, 5.74) is 8.69. The minimum Gasteiger partial charge on any atom is -0.481 e. The Morgan fingerprint density at radius 3 is 2.16 bits per heavy atom. The van der Waals surface area contributed by atoms with E-state index in [-0.39, 0.29) is 11.3 Å². The minimum atomic E-state index is -0.618. The molecule has 12 heteroatoms. The summed E-state index contributed by atoms with van der Waals surface area (Å²) < 4.78 is 19.8. The lowest BCUT2D eigenvalue weighted by molar-refractivity contribution is -0.148. The van der Waals surface area contributed by atoms with Gasteiger partial charge in [0.15, 0.2) is 17.5 Å². The molecule has 56 heavy (non-hydrogen) atoms. The number of halogens is 1. The maximum atomic E-state index is 16.0. The van der Waals surface area contributed by atoms with Crippen molar-refractivity contribution in [3.05, 3.63) is 87.5 Å². The van der Waals surface area contributed by atoms with Gasteiger partial charge in [-0.3, -0.25) is 19.4 Å². The molecule has 0 spiro atoms. The summed E-state index contributed by atoms with van der Waals surface area (Å²) in [6.45, 7) is 10.2. The van der Waals surface area contributed by atoms with Crippen LogP contribution in [0, 0.1) is 24.7 Å². The Morgan fingerprint density at radius 1 is 0.893 bits per heavy atom. The molecular formula is C44H54FN7O4. The van der Waals surface area contributed by atoms with Gasteiger partial charge in [0.2, 0.25) is 0 Å². The van der Waals surface area contributed by atoms with Crippen LogP contribution in [0.4, 0.5) is 10.1 Å². The van der Waals surface area contributed by atoms with Crippen LogP contribution >= 0.6 is 0 Å². The third-order valence-corrected chi connectivity index (χ3v) is 13.5. The third-order valence-electron chi connectivity index (χ3n) is 13.5. The lowest BCUT2D eigenvalue weighted by atomic mass is 9.80. The van der Waals surface area contributed by atoms with Gasteiger partial charge in [0.1, 0.15) is 0 Å². The first-order valence-corrected chi connectivity index (χ1v) is 20.1. The number of hydrogen-bond acceptors (Lipinski definition) is 7. The van der Waals surface area contributed by atoms with Crippen LogP contribution in [0.1, 0.15) is 101 Å². The summed E-state index contributed by atoms with van der Waals surface area (Å²) in [6.07, 6.45) is 8.12. The normalized spacial score (nSPS) is 22.9. The number of nitrogens with one attached hydrogen (secondary N) is 1. The molecule has 3 N–H and O–H groups in total. The number of carboxylic acid groups (broad SMARTS) is 1. The Kier molecular flexibility index (Phi) is 10.0. The van der Waals surface area contributed by atoms with E-state index in [1.54, 1.807) is 13.0 Å². The second-order valence-corrected chi connectivity index (χ2v) is 17.1. The van der Waals surface area contributed by atoms with Gasteiger partial charge in [-0.15, -0.1) is 0 Å². The van der Waals surface area contributed by atoms with Gasteiger partial charge in [-0.25, -0.2) is 14.4 Å². The Balaban J connectivity index is 0.959. The number of benzene rings is 2. The Morgan fingerprint density at radius 2 is 1.50 bits per heavy atom. The van der Waals surface area contributed by atoms with Crippen LogP contribution in [0.15, 0.2) is 36.4 Å². The molecule has 2 aliphatic heterocycles. The van der Waals surface area contributed by atoms with E-state index < -0.39 is 23.3 Å². The number of aliphatic hydroxyl groups is 1. The Bertz CT molecular complexity index is 2230. The second kappa shape index (κ2) is 14.7. The van der Waals surface area contributed by atoms with Gasteiger partial charge in [0.05, 0.1) is 22.9 Å². The van der Waals surface area contributed by atoms with Gasteiger partial charge in [0.25, 0.3) is 5.91 Å². The zero-order chi connectivity index (χ0) is 39.5. The summed E-state index contributed by atoms with van der Waals surface area (Å²) in [7, 11) is 3.77. The third kappa shape index (κ3) is 6.90. The zero-order valence-corrected chi connectivity index (χ0v) is 33.3. The number of aliphatic hydroxyl groups excluding tert-OH is 1. The molecule has 2 aromatic carbocycles. The molecule has 1 atom stereocenters. The van der Waals surface area contributed by atoms with Gasteiger partial charge in [-0.05, 0) is 111 Å². The van der Waals surface area contributed by atoms with Crippen molar-refractivity contribution in [1.82, 2.24) is 28.9 Å². The summed E-state index contributed by atoms with van der Waals surface area (Å²) in [6, 6.07) is 11.7. The highest BCUT2D eigenvalue weighted by Gasteiger charge is 2.57. The van der Waals surface area contributed by atoms with Gasteiger partial charge in [-0.1, -0.05) is 30.3 Å². The number of β-amino-alcohol motifs (C(OH)–C–C–N with tert-alkyl or cyclic N) is 1. The van der Waals surface area contributed by atoms with E-state index in [2.05, 4.69) is 15.1 Å². The lowest BCUT2D eigenvalue weighted by Gasteiger charge is -2.32. The predicted octanol–water partition coefficient (Wildman–Crippen LogP) is 6.68. The number of carbonyl (C=O) groups is 2. The highest BCUT2D eigenvalue weighted by Crippen LogP contribution is 2.63. The number of anilines is 1. The molecule has 2 aromatic heterocycles. The first kappa shape index (κ1) is 38.2. The first-order valence-electron chi connectivity index (χ1n) is 20.1. The zero-order valence-electron chi connectivity index (χ0n) is 33.3. The molecule has 2 saturated carbocycles. The molecule has 11 nitrogen and oxygen atoms in total. The van der Waals surface area contributed by atoms with Crippen LogP contribution in [-0.2, 0) is 44.8 Å². The van der Waals surface area contributed by atoms with Crippen LogP contribution in [0.25, 0.3) is 23.0 Å². The summed E-state index contributed by atoms with van der Waals surface area (Å²) >= 11 is 0. The maximum absolute atomic E-state index is 16.0. The monoisotopic (exact) mass is 763 g/mol. The van der Waals surface area contributed by atoms with Crippen molar-refractivity contribution in [3.63, 3.8) is 0 Å². The summed E-state index contributed by atoms with van der Waals surface area (Å²) in [4.78, 5) is 39.9. The molecule has 0 radical (unpaired) electrons. The van der Waals surface area contributed by atoms with Gasteiger partial charge in [0, 0.05) is 76.7 Å². The number of fused-ring (bicyclic) bond motifs is 4. The largest absolute Gasteiger partial charge is 0.481 e. The predicted molar refractivity (Wildman–Crippen MR) is 215 cm³/mol. The number of hydrogen-bond donors (Lipinski definition) is 3. The molecule has 4 aromatic rings. The van der Waals surface area contributed by atoms with E-state index in [0.29, 0.717) is 37.0 Å². The molecule has 0 saturated heterocycles. The van der Waals surface area contributed by atoms with Gasteiger partial charge >= 0.3 is 5.97 Å². The van der Waals surface area contributed by atoms with Crippen LogP contribution in [0.3, 0.4) is 0 Å². The minimum absolute atomic E-state index is 0.149. The molecule has 2 aliphatic carbocycles. The molecule has 4 heterocycles. The molecule has 4 aliphatic rings. The number of nitrogens with zero attached hydrogens (tertiary/aromatic N) is 6. The van der Waals surface area contributed by atoms with Crippen LogP contribution < -0.4 is 5.32 Å². The average Bonchev–Trinajstić information content (AvgIpc) is 3.92. The maximum Gasteiger partial charge on any atom is 0.309 e. The Hall–Kier alpha value is -4.65. The number of rotatable bonds is 11. The molecule has 2 fully saturated rings. The van der Waals surface area contributed by atoms with Crippen molar-refractivity contribution in [2.45, 2.75) is 91.3 Å². The molecule has 296 valence electrons. The van der Waals surface area contributed by atoms with E-state index in [1.165, 1.54) is 0 Å². The van der Waals surface area contributed by atoms with Crippen LogP contribution in [0.5, 0.6) is 0 Å². The summed E-state index contributed by atoms with van der Waals surface area (Å²) in [5.74, 6) is -0.612. The highest BCUT2D eigenvalue weighted by atomic mass is 19.1. The van der Waals surface area contributed by atoms with Crippen molar-refractivity contribution < 1.29 is 24.2 Å². The molecule has 0 unspecified atom stereocenters. The van der Waals surface area contributed by atoms with Gasteiger partial charge in [-0.2, -0.15) is 0 Å². The van der Waals surface area contributed by atoms with Crippen molar-refractivity contribution in [2.75, 3.05) is 31.5 Å². The topological polar surface area (TPSA) is 129 Å². The van der Waals surface area contributed by atoms with E-state index in [1.807, 2.05) is 73.5 Å². The Labute approximate surface area is 328 Å². The summed E-state index contributed by atoms with van der Waals surface area (Å²) in [5, 5.41) is 22.8. The van der Waals surface area contributed by atoms with Crippen LogP contribution in [0.2, 0.25) is 0 Å². The van der Waals surface area contributed by atoms with Crippen molar-refractivity contribution in [2.24, 2.45) is 24.9 Å². The van der Waals surface area contributed by atoms with E-state index in [0.717, 1.165) is 122 Å². The number of aromatic nitrogens is 4. The highest BCUT2D eigenvalue weighted by molar-refractivity contribution is 6.03. The van der Waals surface area contributed by atoms with E-state index in [4.69, 9.17) is 9.97 Å². The smallest absolute Gasteiger partial charge is 0.309 e. The van der Waals surface area contributed by atoms with E-state index in [9.17, 15) is 19.8 Å². The quantitative estimate of drug-likeness (QED) is 0.155. The van der Waals surface area contributed by atoms with Crippen molar-refractivity contribution in [1.29, 1.82) is 0 Å². The number of carboxylic acids is 1. The fourth-order valence-corrected chi connectivity index (χ4v) is 10.2. The number of amides is 1. The lowest BCUT2D eigenvalue weighted by Crippen LogP contribution is -2.36. The average molecular weight is 764 g/mol. The first-order chi connectivity index (χ1) is 26.8. The fraction of sp³-hybridized carbons (Fsp3) is 0.500. The van der Waals surface area contributed by atoms with Crippen LogP contribution in [-0.4, -0.2) is 83.3 Å². The van der Waals surface area contributed by atoms with Gasteiger partial charge < -0.3 is 24.7 Å². The molecule has 8 rings (SSSR count). The van der Waals surface area contributed by atoms with Crippen molar-refractivity contribution >= 4 is 29.5 Å². The molecular weight excluding hydrogens is 710 g/mol. The van der Waals surface area contributed by atoms with E-state index >= 15 is 4.39 Å². The second-order valence-electron chi connectivity index (χ2n) is 17.1. The fourth-order valence-electron chi connectivity index (χ4n) is 10.2. The standard InChI is InChI=1S/C44H54FN7O4/c1-27(53)23-52-20-13-37-36(25-52)46-39(49(37)4)33(45)22-30-8-6-9-31(28(30)2)32-10-7-11-34(29(32)3)48-41(54)40-47-35-24-51(19-12-38(35)50(40)5)21-18-43-14-16-44(26-43,17-15-43)42(55)56/h6-11,22,27,53H,12-21,23-26H2,1-5H3,(H,48,54)(H,55,56)/b33-22-/t27-,43?,44?/m1/s1.